The number of guanidine groups is 1. The number of carbonyl (C=O) groups is 1. The summed E-state index contributed by atoms with van der Waals surface area (Å²) in [6.07, 6.45) is 0.405. The second-order valence-electron chi connectivity index (χ2n) is 4.90. The van der Waals surface area contributed by atoms with Crippen LogP contribution in [-0.2, 0) is 16.1 Å². The summed E-state index contributed by atoms with van der Waals surface area (Å²) in [6, 6.07) is 9.87. The molecule has 7 heteroatoms. The Bertz CT molecular complexity index is 469. The van der Waals surface area contributed by atoms with Crippen LogP contribution in [0.25, 0.3) is 0 Å². The third-order valence-corrected chi connectivity index (χ3v) is 3.03. The van der Waals surface area contributed by atoms with Crippen LogP contribution in [0, 0.1) is 0 Å². The van der Waals surface area contributed by atoms with E-state index in [1.165, 1.54) is 0 Å². The molecular formula is C17H29IN4O2. The van der Waals surface area contributed by atoms with Gasteiger partial charge in [0.1, 0.15) is 0 Å². The van der Waals surface area contributed by atoms with Crippen LogP contribution in [0.3, 0.4) is 0 Å². The molecule has 1 aromatic carbocycles. The van der Waals surface area contributed by atoms with E-state index >= 15 is 0 Å². The number of halogens is 1. The molecule has 0 saturated carbocycles. The van der Waals surface area contributed by atoms with Gasteiger partial charge in [-0.3, -0.25) is 9.79 Å². The molecule has 136 valence electrons. The van der Waals surface area contributed by atoms with Crippen molar-refractivity contribution in [2.75, 3.05) is 32.8 Å². The zero-order valence-corrected chi connectivity index (χ0v) is 16.8. The van der Waals surface area contributed by atoms with E-state index in [-0.39, 0.29) is 29.9 Å². The van der Waals surface area contributed by atoms with Crippen molar-refractivity contribution in [2.45, 2.75) is 26.8 Å². The number of amides is 1. The lowest BCUT2D eigenvalue weighted by Gasteiger charge is -2.11. The quantitative estimate of drug-likeness (QED) is 0.221. The van der Waals surface area contributed by atoms with Crippen LogP contribution >= 0.6 is 24.0 Å². The van der Waals surface area contributed by atoms with Crippen LogP contribution in [0.2, 0.25) is 0 Å². The average molecular weight is 448 g/mol. The van der Waals surface area contributed by atoms with E-state index in [1.807, 2.05) is 44.2 Å². The molecular weight excluding hydrogens is 419 g/mol. The Balaban J connectivity index is 0.00000529. The van der Waals surface area contributed by atoms with Crippen molar-refractivity contribution in [3.8, 4) is 0 Å². The molecule has 0 spiro atoms. The summed E-state index contributed by atoms with van der Waals surface area (Å²) < 4.78 is 5.25. The minimum Gasteiger partial charge on any atom is -0.380 e. The largest absolute Gasteiger partial charge is 0.380 e. The predicted octanol–water partition coefficient (Wildman–Crippen LogP) is 1.90. The number of nitrogens with zero attached hydrogens (tertiary/aromatic N) is 1. The molecule has 1 amide bonds. The zero-order valence-electron chi connectivity index (χ0n) is 14.5. The van der Waals surface area contributed by atoms with Gasteiger partial charge in [0.2, 0.25) is 5.91 Å². The van der Waals surface area contributed by atoms with Gasteiger partial charge in [0.15, 0.2) is 5.96 Å². The van der Waals surface area contributed by atoms with E-state index in [4.69, 9.17) is 4.74 Å². The lowest BCUT2D eigenvalue weighted by molar-refractivity contribution is -0.121. The normalized spacial score (nSPS) is 10.7. The van der Waals surface area contributed by atoms with Crippen LogP contribution in [0.4, 0.5) is 0 Å². The van der Waals surface area contributed by atoms with Crippen molar-refractivity contribution in [1.29, 1.82) is 0 Å². The average Bonchev–Trinajstić information content (AvgIpc) is 2.58. The van der Waals surface area contributed by atoms with E-state index in [0.29, 0.717) is 45.2 Å². The summed E-state index contributed by atoms with van der Waals surface area (Å²) >= 11 is 0. The Labute approximate surface area is 161 Å². The van der Waals surface area contributed by atoms with Gasteiger partial charge in [-0.1, -0.05) is 30.3 Å². The monoisotopic (exact) mass is 448 g/mol. The topological polar surface area (TPSA) is 74.8 Å². The third-order valence-electron chi connectivity index (χ3n) is 3.03. The van der Waals surface area contributed by atoms with Gasteiger partial charge in [-0.2, -0.15) is 0 Å². The SMILES string of the molecule is CCNC(=NCCOCC)NCCC(=O)NCc1ccccc1.I. The molecule has 1 aromatic rings. The van der Waals surface area contributed by atoms with E-state index in [1.54, 1.807) is 0 Å². The van der Waals surface area contributed by atoms with Crippen molar-refractivity contribution >= 4 is 35.8 Å². The summed E-state index contributed by atoms with van der Waals surface area (Å²) in [6.45, 7) is 7.74. The minimum atomic E-state index is 0. The van der Waals surface area contributed by atoms with Gasteiger partial charge in [-0.05, 0) is 19.4 Å². The first-order chi connectivity index (χ1) is 11.3. The number of carbonyl (C=O) groups excluding carboxylic acids is 1. The maximum Gasteiger partial charge on any atom is 0.222 e. The number of rotatable bonds is 10. The number of ether oxygens (including phenoxy) is 1. The first-order valence-corrected chi connectivity index (χ1v) is 8.16. The third kappa shape index (κ3) is 11.2. The van der Waals surface area contributed by atoms with Crippen LogP contribution in [-0.4, -0.2) is 44.7 Å². The summed E-state index contributed by atoms with van der Waals surface area (Å²) in [7, 11) is 0. The van der Waals surface area contributed by atoms with Crippen molar-refractivity contribution in [3.05, 3.63) is 35.9 Å². The molecule has 0 heterocycles. The summed E-state index contributed by atoms with van der Waals surface area (Å²) in [4.78, 5) is 16.2. The Morgan fingerprint density at radius 2 is 1.88 bits per heavy atom. The lowest BCUT2D eigenvalue weighted by atomic mass is 10.2. The smallest absolute Gasteiger partial charge is 0.222 e. The molecule has 24 heavy (non-hydrogen) atoms. The number of benzene rings is 1. The van der Waals surface area contributed by atoms with Crippen LogP contribution in [0.15, 0.2) is 35.3 Å². The number of hydrogen-bond acceptors (Lipinski definition) is 3. The second-order valence-corrected chi connectivity index (χ2v) is 4.90. The van der Waals surface area contributed by atoms with Gasteiger partial charge in [-0.15, -0.1) is 24.0 Å². The van der Waals surface area contributed by atoms with Crippen molar-refractivity contribution in [1.82, 2.24) is 16.0 Å². The standard InChI is InChI=1S/C17H28N4O2.HI/c1-3-18-17(20-12-13-23-4-2)19-11-10-16(22)21-14-15-8-6-5-7-9-15;/h5-9H,3-4,10-14H2,1-2H3,(H,21,22)(H2,18,19,20);1H. The Hall–Kier alpha value is -1.35. The predicted molar refractivity (Wildman–Crippen MR) is 109 cm³/mol. The number of hydrogen-bond donors (Lipinski definition) is 3. The number of aliphatic imine (C=N–C) groups is 1. The molecule has 0 aliphatic rings. The molecule has 0 bridgehead atoms. The molecule has 1 rings (SSSR count). The molecule has 0 aliphatic heterocycles. The molecule has 6 nitrogen and oxygen atoms in total. The van der Waals surface area contributed by atoms with Crippen LogP contribution < -0.4 is 16.0 Å². The molecule has 0 atom stereocenters. The fourth-order valence-electron chi connectivity index (χ4n) is 1.89. The molecule has 0 fully saturated rings. The maximum absolute atomic E-state index is 11.8. The van der Waals surface area contributed by atoms with E-state index < -0.39 is 0 Å². The second kappa shape index (κ2) is 15.2. The fourth-order valence-corrected chi connectivity index (χ4v) is 1.89. The van der Waals surface area contributed by atoms with Crippen molar-refractivity contribution in [2.24, 2.45) is 4.99 Å². The molecule has 0 aliphatic carbocycles. The van der Waals surface area contributed by atoms with Crippen molar-refractivity contribution < 1.29 is 9.53 Å². The Morgan fingerprint density at radius 3 is 2.54 bits per heavy atom. The molecule has 0 saturated heterocycles. The Morgan fingerprint density at radius 1 is 1.12 bits per heavy atom. The highest BCUT2D eigenvalue weighted by atomic mass is 127. The molecule has 0 radical (unpaired) electrons. The van der Waals surface area contributed by atoms with Gasteiger partial charge >= 0.3 is 0 Å². The first kappa shape index (κ1) is 22.6. The number of nitrogens with one attached hydrogen (secondary N) is 3. The molecule has 3 N–H and O–H groups in total. The highest BCUT2D eigenvalue weighted by Gasteiger charge is 2.02. The lowest BCUT2D eigenvalue weighted by Crippen LogP contribution is -2.39. The Kier molecular flexibility index (Phi) is 14.3. The first-order valence-electron chi connectivity index (χ1n) is 8.16. The zero-order chi connectivity index (χ0) is 16.8. The van der Waals surface area contributed by atoms with Crippen LogP contribution in [0.1, 0.15) is 25.8 Å². The van der Waals surface area contributed by atoms with Gasteiger partial charge < -0.3 is 20.7 Å². The van der Waals surface area contributed by atoms with Gasteiger partial charge in [0.25, 0.3) is 0 Å². The summed E-state index contributed by atoms with van der Waals surface area (Å²) in [5.41, 5.74) is 1.10. The molecule has 0 unspecified atom stereocenters. The van der Waals surface area contributed by atoms with E-state index in [0.717, 1.165) is 12.1 Å². The van der Waals surface area contributed by atoms with E-state index in [9.17, 15) is 4.79 Å². The molecule has 0 aromatic heterocycles. The maximum atomic E-state index is 11.8. The van der Waals surface area contributed by atoms with E-state index in [2.05, 4.69) is 20.9 Å². The van der Waals surface area contributed by atoms with Gasteiger partial charge in [0.05, 0.1) is 13.2 Å². The van der Waals surface area contributed by atoms with Gasteiger partial charge in [0, 0.05) is 32.7 Å². The highest BCUT2D eigenvalue weighted by Crippen LogP contribution is 1.97. The summed E-state index contributed by atoms with van der Waals surface area (Å²) in [5.74, 6) is 0.731. The van der Waals surface area contributed by atoms with Crippen molar-refractivity contribution in [3.63, 3.8) is 0 Å². The van der Waals surface area contributed by atoms with Crippen LogP contribution in [0.5, 0.6) is 0 Å². The minimum absolute atomic E-state index is 0. The summed E-state index contributed by atoms with van der Waals surface area (Å²) in [5, 5.41) is 9.20. The highest BCUT2D eigenvalue weighted by molar-refractivity contribution is 14.0. The fraction of sp³-hybridized carbons (Fsp3) is 0.529. The van der Waals surface area contributed by atoms with Gasteiger partial charge in [-0.25, -0.2) is 0 Å².